The van der Waals surface area contributed by atoms with Crippen LogP contribution in [0, 0.1) is 11.6 Å². The minimum absolute atomic E-state index is 0.330. The summed E-state index contributed by atoms with van der Waals surface area (Å²) in [6.07, 6.45) is 0. The molecule has 0 aliphatic heterocycles. The minimum atomic E-state index is -1.50. The highest BCUT2D eigenvalue weighted by Crippen LogP contribution is 2.29. The third-order valence-corrected chi connectivity index (χ3v) is 1.79. The first-order valence-corrected chi connectivity index (χ1v) is 3.70. The fourth-order valence-corrected chi connectivity index (χ4v) is 1.05. The van der Waals surface area contributed by atoms with Crippen LogP contribution in [-0.4, -0.2) is 10.9 Å². The highest BCUT2D eigenvalue weighted by Gasteiger charge is 2.18. The van der Waals surface area contributed by atoms with Gasteiger partial charge in [-0.1, -0.05) is 11.6 Å². The smallest absolute Gasteiger partial charge is 0.202 e. The van der Waals surface area contributed by atoms with Crippen molar-refractivity contribution in [1.82, 2.24) is 0 Å². The Morgan fingerprint density at radius 2 is 2.00 bits per heavy atom. The summed E-state index contributed by atoms with van der Waals surface area (Å²) >= 11 is 5.26. The van der Waals surface area contributed by atoms with Crippen LogP contribution in [0.2, 0.25) is 5.02 Å². The van der Waals surface area contributed by atoms with Gasteiger partial charge in [-0.25, -0.2) is 4.39 Å². The van der Waals surface area contributed by atoms with Crippen molar-refractivity contribution in [2.24, 2.45) is 0 Å². The Kier molecular flexibility index (Phi) is 2.52. The number of Topliss-reactive ketones (excluding diaryl/α,β-unsaturated/α-hetero) is 1. The van der Waals surface area contributed by atoms with Crippen LogP contribution in [0.1, 0.15) is 17.3 Å². The van der Waals surface area contributed by atoms with E-state index in [1.54, 1.807) is 0 Å². The van der Waals surface area contributed by atoms with Gasteiger partial charge in [0.05, 0.1) is 10.6 Å². The number of aromatic hydroxyl groups is 1. The Bertz CT molecular complexity index is 377. The standard InChI is InChI=1S/C8H5ClF2O2/c1-3(12)4-2-5(9)6(10)7(11)8(4)13/h2,13H,1H3. The third kappa shape index (κ3) is 1.62. The van der Waals surface area contributed by atoms with Gasteiger partial charge in [0.15, 0.2) is 17.3 Å². The largest absolute Gasteiger partial charge is 0.504 e. The minimum Gasteiger partial charge on any atom is -0.504 e. The van der Waals surface area contributed by atoms with Crippen LogP contribution in [0.4, 0.5) is 8.78 Å². The highest BCUT2D eigenvalue weighted by atomic mass is 35.5. The molecule has 1 aromatic rings. The van der Waals surface area contributed by atoms with Crippen molar-refractivity contribution in [2.45, 2.75) is 6.92 Å². The molecule has 1 rings (SSSR count). The van der Waals surface area contributed by atoms with E-state index < -0.39 is 28.2 Å². The lowest BCUT2D eigenvalue weighted by Crippen LogP contribution is -1.97. The van der Waals surface area contributed by atoms with Crippen molar-refractivity contribution in [3.05, 3.63) is 28.3 Å². The highest BCUT2D eigenvalue weighted by molar-refractivity contribution is 6.31. The molecule has 0 unspecified atom stereocenters. The number of rotatable bonds is 1. The molecule has 0 fully saturated rings. The van der Waals surface area contributed by atoms with Crippen molar-refractivity contribution in [3.8, 4) is 5.75 Å². The summed E-state index contributed by atoms with van der Waals surface area (Å²) < 4.78 is 25.4. The molecule has 0 saturated heterocycles. The number of carbonyl (C=O) groups excluding carboxylic acids is 1. The van der Waals surface area contributed by atoms with Crippen LogP contribution in [0.5, 0.6) is 5.75 Å². The summed E-state index contributed by atoms with van der Waals surface area (Å²) in [6.45, 7) is 1.11. The van der Waals surface area contributed by atoms with Gasteiger partial charge in [-0.05, 0) is 13.0 Å². The van der Waals surface area contributed by atoms with E-state index in [0.29, 0.717) is 0 Å². The van der Waals surface area contributed by atoms with E-state index >= 15 is 0 Å². The van der Waals surface area contributed by atoms with Crippen molar-refractivity contribution >= 4 is 17.4 Å². The van der Waals surface area contributed by atoms with Crippen LogP contribution in [0.3, 0.4) is 0 Å². The predicted octanol–water partition coefficient (Wildman–Crippen LogP) is 2.53. The molecule has 0 atom stereocenters. The summed E-state index contributed by atoms with van der Waals surface area (Å²) in [5.41, 5.74) is -0.330. The van der Waals surface area contributed by atoms with Crippen molar-refractivity contribution in [3.63, 3.8) is 0 Å². The van der Waals surface area contributed by atoms with E-state index in [9.17, 15) is 13.6 Å². The zero-order valence-corrected chi connectivity index (χ0v) is 7.32. The average molecular weight is 207 g/mol. The van der Waals surface area contributed by atoms with Crippen molar-refractivity contribution in [1.29, 1.82) is 0 Å². The molecule has 1 N–H and O–H groups in total. The maximum Gasteiger partial charge on any atom is 0.202 e. The van der Waals surface area contributed by atoms with Gasteiger partial charge in [0.2, 0.25) is 5.82 Å². The zero-order chi connectivity index (χ0) is 10.2. The zero-order valence-electron chi connectivity index (χ0n) is 6.57. The molecular weight excluding hydrogens is 202 g/mol. The molecule has 1 aromatic carbocycles. The topological polar surface area (TPSA) is 37.3 Å². The van der Waals surface area contributed by atoms with E-state index in [1.807, 2.05) is 0 Å². The fourth-order valence-electron chi connectivity index (χ4n) is 0.854. The second-order valence-corrected chi connectivity index (χ2v) is 2.85. The number of phenols is 1. The summed E-state index contributed by atoms with van der Waals surface area (Å²) in [6, 6.07) is 0.887. The third-order valence-electron chi connectivity index (χ3n) is 1.52. The Hall–Kier alpha value is -1.16. The lowest BCUT2D eigenvalue weighted by Gasteiger charge is -2.03. The van der Waals surface area contributed by atoms with Crippen LogP contribution >= 0.6 is 11.6 Å². The molecule has 5 heteroatoms. The van der Waals surface area contributed by atoms with Crippen LogP contribution in [-0.2, 0) is 0 Å². The Morgan fingerprint density at radius 1 is 1.46 bits per heavy atom. The quantitative estimate of drug-likeness (QED) is 0.566. The monoisotopic (exact) mass is 206 g/mol. The van der Waals surface area contributed by atoms with E-state index in [4.69, 9.17) is 16.7 Å². The van der Waals surface area contributed by atoms with Crippen LogP contribution in [0.25, 0.3) is 0 Å². The number of benzene rings is 1. The molecule has 0 aliphatic rings. The Labute approximate surface area is 77.8 Å². The summed E-state index contributed by atoms with van der Waals surface area (Å²) in [4.78, 5) is 10.8. The SMILES string of the molecule is CC(=O)c1cc(Cl)c(F)c(F)c1O. The molecule has 0 aliphatic carbocycles. The number of carbonyl (C=O) groups is 1. The Morgan fingerprint density at radius 3 is 2.46 bits per heavy atom. The maximum absolute atomic E-state index is 12.8. The normalized spacial score (nSPS) is 10.2. The number of ketones is 1. The summed E-state index contributed by atoms with van der Waals surface area (Å²) in [5.74, 6) is -4.45. The van der Waals surface area contributed by atoms with Gasteiger partial charge in [0, 0.05) is 0 Å². The first-order valence-electron chi connectivity index (χ1n) is 3.32. The van der Waals surface area contributed by atoms with Crippen LogP contribution in [0.15, 0.2) is 6.07 Å². The second kappa shape index (κ2) is 3.30. The molecular formula is C8H5ClF2O2. The van der Waals surface area contributed by atoms with Gasteiger partial charge < -0.3 is 5.11 Å². The molecule has 0 saturated carbocycles. The van der Waals surface area contributed by atoms with Gasteiger partial charge in [-0.15, -0.1) is 0 Å². The molecule has 70 valence electrons. The van der Waals surface area contributed by atoms with E-state index in [1.165, 1.54) is 0 Å². The van der Waals surface area contributed by atoms with Gasteiger partial charge in [-0.3, -0.25) is 4.79 Å². The van der Waals surface area contributed by atoms with Gasteiger partial charge >= 0.3 is 0 Å². The molecule has 0 amide bonds. The number of halogens is 3. The van der Waals surface area contributed by atoms with Crippen molar-refractivity contribution in [2.75, 3.05) is 0 Å². The molecule has 0 aromatic heterocycles. The number of hydrogen-bond donors (Lipinski definition) is 1. The lowest BCUT2D eigenvalue weighted by atomic mass is 10.1. The van der Waals surface area contributed by atoms with Gasteiger partial charge in [0.1, 0.15) is 0 Å². The van der Waals surface area contributed by atoms with E-state index in [-0.39, 0.29) is 5.56 Å². The van der Waals surface area contributed by atoms with E-state index in [0.717, 1.165) is 13.0 Å². The van der Waals surface area contributed by atoms with Gasteiger partial charge in [-0.2, -0.15) is 4.39 Å². The first kappa shape index (κ1) is 9.92. The number of hydrogen-bond acceptors (Lipinski definition) is 2. The van der Waals surface area contributed by atoms with Gasteiger partial charge in [0.25, 0.3) is 0 Å². The molecule has 0 radical (unpaired) electrons. The molecule has 0 spiro atoms. The fraction of sp³-hybridized carbons (Fsp3) is 0.125. The maximum atomic E-state index is 12.8. The number of phenolic OH excluding ortho intramolecular Hbond substituents is 1. The average Bonchev–Trinajstić information content (AvgIpc) is 2.07. The van der Waals surface area contributed by atoms with E-state index in [2.05, 4.69) is 0 Å². The van der Waals surface area contributed by atoms with Crippen LogP contribution < -0.4 is 0 Å². The molecule has 2 nitrogen and oxygen atoms in total. The molecule has 0 bridgehead atoms. The summed E-state index contributed by atoms with van der Waals surface area (Å²) in [5, 5.41) is 8.45. The Balaban J connectivity index is 3.50. The molecule has 0 heterocycles. The first-order chi connectivity index (χ1) is 5.95. The molecule has 13 heavy (non-hydrogen) atoms. The predicted molar refractivity (Wildman–Crippen MR) is 43.0 cm³/mol. The van der Waals surface area contributed by atoms with Crippen molar-refractivity contribution < 1.29 is 18.7 Å². The lowest BCUT2D eigenvalue weighted by molar-refractivity contribution is 0.101. The summed E-state index contributed by atoms with van der Waals surface area (Å²) in [7, 11) is 0. The second-order valence-electron chi connectivity index (χ2n) is 2.44.